The Labute approximate surface area is 178 Å². The fourth-order valence-electron chi connectivity index (χ4n) is 4.59. The number of fused-ring (bicyclic) bond motifs is 1. The first-order chi connectivity index (χ1) is 15.1. The molecule has 2 atom stereocenters. The summed E-state index contributed by atoms with van der Waals surface area (Å²) in [6.45, 7) is 2.64. The summed E-state index contributed by atoms with van der Waals surface area (Å²) in [6.07, 6.45) is 2.68. The van der Waals surface area contributed by atoms with Gasteiger partial charge in [-0.25, -0.2) is 4.68 Å². The molecule has 11 nitrogen and oxygen atoms in total. The zero-order valence-electron chi connectivity index (χ0n) is 17.0. The molecule has 162 valence electrons. The summed E-state index contributed by atoms with van der Waals surface area (Å²) in [4.78, 5) is 38.3. The average molecular weight is 424 g/mol. The Bertz CT molecular complexity index is 1030. The van der Waals surface area contributed by atoms with Crippen molar-refractivity contribution in [1.29, 1.82) is 0 Å². The molecular weight excluding hydrogens is 400 g/mol. The smallest absolute Gasteiger partial charge is 0.255 e. The predicted octanol–water partition coefficient (Wildman–Crippen LogP) is -0.0293. The van der Waals surface area contributed by atoms with Crippen molar-refractivity contribution in [2.24, 2.45) is 0 Å². The predicted molar refractivity (Wildman–Crippen MR) is 109 cm³/mol. The molecule has 3 aliphatic rings. The van der Waals surface area contributed by atoms with Crippen molar-refractivity contribution in [1.82, 2.24) is 35.7 Å². The number of hydrogen-bond acceptors (Lipinski definition) is 8. The molecule has 0 radical (unpaired) electrons. The van der Waals surface area contributed by atoms with Crippen molar-refractivity contribution in [3.8, 4) is 0 Å². The van der Waals surface area contributed by atoms with E-state index in [4.69, 9.17) is 0 Å². The second-order valence-electron chi connectivity index (χ2n) is 8.14. The van der Waals surface area contributed by atoms with Gasteiger partial charge in [0.25, 0.3) is 5.91 Å². The number of amides is 3. The van der Waals surface area contributed by atoms with E-state index in [0.717, 1.165) is 37.1 Å². The van der Waals surface area contributed by atoms with E-state index in [0.29, 0.717) is 31.0 Å². The minimum atomic E-state index is -0.621. The van der Waals surface area contributed by atoms with Crippen LogP contribution in [0.1, 0.15) is 53.2 Å². The summed E-state index contributed by atoms with van der Waals surface area (Å²) < 4.78 is 1.82. The molecule has 3 amide bonds. The zero-order chi connectivity index (χ0) is 21.4. The van der Waals surface area contributed by atoms with Crippen LogP contribution >= 0.6 is 0 Å². The van der Waals surface area contributed by atoms with Crippen LogP contribution in [0.15, 0.2) is 18.2 Å². The SMILES string of the molecule is O=C1CCC(N2Cc3c(CNc4nnnn4C4CCCNC4)cccc3C2=O)C(=O)N1. The molecule has 1 aromatic heterocycles. The highest BCUT2D eigenvalue weighted by molar-refractivity contribution is 6.05. The lowest BCUT2D eigenvalue weighted by Crippen LogP contribution is -2.52. The third kappa shape index (κ3) is 3.65. The Kier molecular flexibility index (Phi) is 5.10. The summed E-state index contributed by atoms with van der Waals surface area (Å²) in [5.41, 5.74) is 2.44. The molecule has 2 unspecified atom stereocenters. The van der Waals surface area contributed by atoms with Crippen molar-refractivity contribution in [3.05, 3.63) is 34.9 Å². The summed E-state index contributed by atoms with van der Waals surface area (Å²) in [5, 5.41) is 21.1. The number of piperidine rings is 2. The van der Waals surface area contributed by atoms with Crippen molar-refractivity contribution >= 4 is 23.7 Å². The van der Waals surface area contributed by atoms with Crippen LogP contribution in [-0.2, 0) is 22.7 Å². The number of imide groups is 1. The summed E-state index contributed by atoms with van der Waals surface area (Å²) in [6, 6.07) is 5.17. The number of anilines is 1. The van der Waals surface area contributed by atoms with Gasteiger partial charge in [-0.2, -0.15) is 0 Å². The van der Waals surface area contributed by atoms with Gasteiger partial charge in [0.2, 0.25) is 17.8 Å². The number of rotatable bonds is 5. The number of carbonyl (C=O) groups is 3. The average Bonchev–Trinajstić information content (AvgIpc) is 3.38. The molecule has 4 heterocycles. The maximum Gasteiger partial charge on any atom is 0.255 e. The lowest BCUT2D eigenvalue weighted by Gasteiger charge is -2.29. The number of tetrazole rings is 1. The van der Waals surface area contributed by atoms with Crippen LogP contribution in [0, 0.1) is 0 Å². The van der Waals surface area contributed by atoms with Crippen LogP contribution in [0.25, 0.3) is 0 Å². The largest absolute Gasteiger partial charge is 0.349 e. The molecular formula is C20H24N8O3. The molecule has 3 N–H and O–H groups in total. The quantitative estimate of drug-likeness (QED) is 0.570. The highest BCUT2D eigenvalue weighted by Crippen LogP contribution is 2.30. The van der Waals surface area contributed by atoms with Crippen molar-refractivity contribution in [2.45, 2.75) is 50.9 Å². The Morgan fingerprint density at radius 3 is 2.90 bits per heavy atom. The van der Waals surface area contributed by atoms with E-state index in [2.05, 4.69) is 31.5 Å². The fraction of sp³-hybridized carbons (Fsp3) is 0.500. The van der Waals surface area contributed by atoms with E-state index in [1.165, 1.54) is 0 Å². The molecule has 2 aromatic rings. The highest BCUT2D eigenvalue weighted by atomic mass is 16.2. The Morgan fingerprint density at radius 1 is 1.19 bits per heavy atom. The van der Waals surface area contributed by atoms with Crippen LogP contribution in [0.4, 0.5) is 5.95 Å². The molecule has 2 fully saturated rings. The van der Waals surface area contributed by atoms with Gasteiger partial charge in [0, 0.05) is 31.6 Å². The number of benzene rings is 1. The van der Waals surface area contributed by atoms with E-state index < -0.39 is 11.9 Å². The van der Waals surface area contributed by atoms with E-state index in [9.17, 15) is 14.4 Å². The third-order valence-corrected chi connectivity index (χ3v) is 6.23. The van der Waals surface area contributed by atoms with Crippen molar-refractivity contribution in [3.63, 3.8) is 0 Å². The lowest BCUT2D eigenvalue weighted by molar-refractivity contribution is -0.136. The van der Waals surface area contributed by atoms with E-state index >= 15 is 0 Å². The van der Waals surface area contributed by atoms with Gasteiger partial charge in [-0.05, 0) is 53.4 Å². The lowest BCUT2D eigenvalue weighted by atomic mass is 10.0. The number of carbonyl (C=O) groups excluding carboxylic acids is 3. The number of nitrogens with one attached hydrogen (secondary N) is 3. The maximum atomic E-state index is 13.0. The standard InChI is InChI=1S/C20H24N8O3/c29-17-7-6-16(18(30)23-17)27-11-15-12(3-1-5-14(15)19(27)31)9-22-20-24-25-26-28(20)13-4-2-8-21-10-13/h1,3,5,13,16,21H,2,4,6-11H2,(H,22,24,26)(H,23,29,30). The first-order valence-corrected chi connectivity index (χ1v) is 10.6. The van der Waals surface area contributed by atoms with Crippen molar-refractivity contribution in [2.75, 3.05) is 18.4 Å². The summed E-state index contributed by atoms with van der Waals surface area (Å²) >= 11 is 0. The summed E-state index contributed by atoms with van der Waals surface area (Å²) in [5.74, 6) is -0.277. The molecule has 0 bridgehead atoms. The highest BCUT2D eigenvalue weighted by Gasteiger charge is 2.39. The first-order valence-electron chi connectivity index (χ1n) is 10.6. The Hall–Kier alpha value is -3.34. The molecule has 0 saturated carbocycles. The van der Waals surface area contributed by atoms with E-state index in [1.807, 2.05) is 16.8 Å². The van der Waals surface area contributed by atoms with Gasteiger partial charge in [0.05, 0.1) is 6.04 Å². The van der Waals surface area contributed by atoms with E-state index in [-0.39, 0.29) is 24.3 Å². The monoisotopic (exact) mass is 424 g/mol. The van der Waals surface area contributed by atoms with Gasteiger partial charge in [0.15, 0.2) is 0 Å². The molecule has 1 aromatic carbocycles. The third-order valence-electron chi connectivity index (χ3n) is 6.23. The second kappa shape index (κ2) is 8.06. The minimum absolute atomic E-state index is 0.176. The Balaban J connectivity index is 1.32. The maximum absolute atomic E-state index is 13.0. The first kappa shape index (κ1) is 19.6. The van der Waals surface area contributed by atoms with Crippen LogP contribution in [0.2, 0.25) is 0 Å². The van der Waals surface area contributed by atoms with Gasteiger partial charge in [-0.1, -0.05) is 17.2 Å². The molecule has 5 rings (SSSR count). The van der Waals surface area contributed by atoms with Crippen LogP contribution in [0.3, 0.4) is 0 Å². The molecule has 0 aliphatic carbocycles. The van der Waals surface area contributed by atoms with Crippen LogP contribution in [0.5, 0.6) is 0 Å². The molecule has 2 saturated heterocycles. The van der Waals surface area contributed by atoms with Gasteiger partial charge >= 0.3 is 0 Å². The number of aromatic nitrogens is 4. The second-order valence-corrected chi connectivity index (χ2v) is 8.14. The Morgan fingerprint density at radius 2 is 2.10 bits per heavy atom. The normalized spacial score (nSPS) is 23.6. The van der Waals surface area contributed by atoms with Gasteiger partial charge in [0.1, 0.15) is 6.04 Å². The van der Waals surface area contributed by atoms with Gasteiger partial charge < -0.3 is 15.5 Å². The van der Waals surface area contributed by atoms with Crippen LogP contribution < -0.4 is 16.0 Å². The van der Waals surface area contributed by atoms with Crippen LogP contribution in [-0.4, -0.2) is 62.0 Å². The number of hydrogen-bond donors (Lipinski definition) is 3. The molecule has 31 heavy (non-hydrogen) atoms. The fourth-order valence-corrected chi connectivity index (χ4v) is 4.59. The molecule has 3 aliphatic heterocycles. The van der Waals surface area contributed by atoms with E-state index in [1.54, 1.807) is 11.0 Å². The number of nitrogens with zero attached hydrogens (tertiary/aromatic N) is 5. The summed E-state index contributed by atoms with van der Waals surface area (Å²) in [7, 11) is 0. The molecule has 0 spiro atoms. The zero-order valence-corrected chi connectivity index (χ0v) is 17.0. The minimum Gasteiger partial charge on any atom is -0.349 e. The molecule has 11 heteroatoms. The van der Waals surface area contributed by atoms with Gasteiger partial charge in [-0.3, -0.25) is 19.7 Å². The van der Waals surface area contributed by atoms with Crippen molar-refractivity contribution < 1.29 is 14.4 Å². The topological polar surface area (TPSA) is 134 Å². The van der Waals surface area contributed by atoms with Gasteiger partial charge in [-0.15, -0.1) is 0 Å².